The van der Waals surface area contributed by atoms with E-state index in [1.54, 1.807) is 11.8 Å². The lowest BCUT2D eigenvalue weighted by molar-refractivity contribution is -0.111. The Morgan fingerprint density at radius 2 is 2.00 bits per heavy atom. The van der Waals surface area contributed by atoms with Gasteiger partial charge in [0.15, 0.2) is 0 Å². The summed E-state index contributed by atoms with van der Waals surface area (Å²) in [6.07, 6.45) is 3.29. The van der Waals surface area contributed by atoms with E-state index in [0.717, 1.165) is 24.9 Å². The fraction of sp³-hybridized carbons (Fsp3) is 0.417. The molecular formula is C12H14OS. The molecule has 1 aromatic carbocycles. The van der Waals surface area contributed by atoms with E-state index in [0.29, 0.717) is 0 Å². The highest BCUT2D eigenvalue weighted by Crippen LogP contribution is 2.47. The van der Waals surface area contributed by atoms with Crippen molar-refractivity contribution in [2.45, 2.75) is 24.7 Å². The minimum Gasteiger partial charge on any atom is -0.303 e. The Hall–Kier alpha value is -0.760. The van der Waals surface area contributed by atoms with Crippen molar-refractivity contribution in [2.24, 2.45) is 5.41 Å². The second-order valence-electron chi connectivity index (χ2n) is 4.08. The Morgan fingerprint density at radius 3 is 2.50 bits per heavy atom. The Balaban J connectivity index is 1.92. The van der Waals surface area contributed by atoms with E-state index in [4.69, 9.17) is 0 Å². The maximum atomic E-state index is 10.8. The summed E-state index contributed by atoms with van der Waals surface area (Å²) in [5.74, 6) is 0.944. The Bertz CT molecular complexity index is 325. The molecular weight excluding hydrogens is 192 g/mol. The molecule has 0 amide bonds. The lowest BCUT2D eigenvalue weighted by Gasteiger charge is -2.06. The van der Waals surface area contributed by atoms with Crippen molar-refractivity contribution in [1.29, 1.82) is 0 Å². The van der Waals surface area contributed by atoms with Gasteiger partial charge in [0, 0.05) is 16.1 Å². The maximum absolute atomic E-state index is 10.8. The van der Waals surface area contributed by atoms with Crippen LogP contribution in [-0.4, -0.2) is 12.0 Å². The van der Waals surface area contributed by atoms with E-state index in [1.807, 2.05) is 0 Å². The minimum absolute atomic E-state index is 0.0234. The summed E-state index contributed by atoms with van der Waals surface area (Å²) in [7, 11) is 0. The first-order valence-electron chi connectivity index (χ1n) is 4.90. The smallest absolute Gasteiger partial charge is 0.126 e. The number of carbonyl (C=O) groups excluding carboxylic acids is 1. The van der Waals surface area contributed by atoms with Crippen LogP contribution in [-0.2, 0) is 4.79 Å². The second kappa shape index (κ2) is 3.77. The molecule has 0 saturated heterocycles. The predicted molar refractivity (Wildman–Crippen MR) is 59.6 cm³/mol. The number of aldehydes is 1. The molecule has 1 saturated carbocycles. The van der Waals surface area contributed by atoms with Crippen LogP contribution in [0, 0.1) is 12.3 Å². The van der Waals surface area contributed by atoms with E-state index >= 15 is 0 Å². The topological polar surface area (TPSA) is 17.1 Å². The molecule has 0 N–H and O–H groups in total. The number of hydrogen-bond donors (Lipinski definition) is 0. The molecule has 74 valence electrons. The average molecular weight is 206 g/mol. The van der Waals surface area contributed by atoms with Gasteiger partial charge in [-0.15, -0.1) is 11.8 Å². The highest BCUT2D eigenvalue weighted by atomic mass is 32.2. The zero-order chi connectivity index (χ0) is 10.0. The Labute approximate surface area is 88.9 Å². The number of carbonyl (C=O) groups is 1. The summed E-state index contributed by atoms with van der Waals surface area (Å²) >= 11 is 1.79. The largest absolute Gasteiger partial charge is 0.303 e. The van der Waals surface area contributed by atoms with Gasteiger partial charge in [-0.2, -0.15) is 0 Å². The first-order chi connectivity index (χ1) is 6.74. The van der Waals surface area contributed by atoms with Crippen LogP contribution in [0.1, 0.15) is 18.4 Å². The third-order valence-electron chi connectivity index (χ3n) is 2.69. The van der Waals surface area contributed by atoms with Crippen LogP contribution in [0.4, 0.5) is 0 Å². The fourth-order valence-corrected chi connectivity index (χ4v) is 2.46. The average Bonchev–Trinajstić information content (AvgIpc) is 2.98. The monoisotopic (exact) mass is 206 g/mol. The van der Waals surface area contributed by atoms with Crippen molar-refractivity contribution in [1.82, 2.24) is 0 Å². The summed E-state index contributed by atoms with van der Waals surface area (Å²) in [4.78, 5) is 12.0. The maximum Gasteiger partial charge on any atom is 0.126 e. The first-order valence-corrected chi connectivity index (χ1v) is 5.88. The zero-order valence-corrected chi connectivity index (χ0v) is 9.14. The van der Waals surface area contributed by atoms with Crippen LogP contribution in [0.2, 0.25) is 0 Å². The second-order valence-corrected chi connectivity index (χ2v) is 5.13. The third kappa shape index (κ3) is 2.18. The van der Waals surface area contributed by atoms with Crippen LogP contribution < -0.4 is 0 Å². The molecule has 2 heteroatoms. The van der Waals surface area contributed by atoms with Crippen molar-refractivity contribution in [2.75, 3.05) is 5.75 Å². The highest BCUT2D eigenvalue weighted by molar-refractivity contribution is 7.99. The van der Waals surface area contributed by atoms with E-state index < -0.39 is 0 Å². The molecule has 0 heterocycles. The molecule has 14 heavy (non-hydrogen) atoms. The van der Waals surface area contributed by atoms with Gasteiger partial charge in [-0.25, -0.2) is 0 Å². The molecule has 1 aliphatic rings. The van der Waals surface area contributed by atoms with E-state index in [1.165, 1.54) is 10.5 Å². The fourth-order valence-electron chi connectivity index (χ4n) is 1.32. The van der Waals surface area contributed by atoms with Crippen molar-refractivity contribution < 1.29 is 4.79 Å². The standard InChI is InChI=1S/C12H14OS/c1-10-2-4-11(5-3-10)14-9-12(8-13)6-7-12/h2-5,8H,6-7,9H2,1H3. The van der Waals surface area contributed by atoms with Crippen LogP contribution in [0.25, 0.3) is 0 Å². The van der Waals surface area contributed by atoms with Gasteiger partial charge in [0.1, 0.15) is 6.29 Å². The van der Waals surface area contributed by atoms with Gasteiger partial charge in [-0.1, -0.05) is 17.7 Å². The molecule has 0 aromatic heterocycles. The molecule has 0 atom stereocenters. The molecule has 1 nitrogen and oxygen atoms in total. The summed E-state index contributed by atoms with van der Waals surface area (Å²) < 4.78 is 0. The molecule has 0 radical (unpaired) electrons. The molecule has 2 rings (SSSR count). The molecule has 0 bridgehead atoms. The van der Waals surface area contributed by atoms with Crippen molar-refractivity contribution in [3.8, 4) is 0 Å². The van der Waals surface area contributed by atoms with Crippen molar-refractivity contribution >= 4 is 18.0 Å². The SMILES string of the molecule is Cc1ccc(SCC2(C=O)CC2)cc1. The quantitative estimate of drug-likeness (QED) is 0.556. The minimum atomic E-state index is 0.0234. The van der Waals surface area contributed by atoms with Crippen molar-refractivity contribution in [3.63, 3.8) is 0 Å². The number of benzene rings is 1. The summed E-state index contributed by atoms with van der Waals surface area (Å²) in [6.45, 7) is 2.09. The molecule has 1 aliphatic carbocycles. The number of aryl methyl sites for hydroxylation is 1. The molecule has 0 spiro atoms. The summed E-state index contributed by atoms with van der Waals surface area (Å²) in [5, 5.41) is 0. The van der Waals surface area contributed by atoms with Gasteiger partial charge in [-0.05, 0) is 31.9 Å². The lowest BCUT2D eigenvalue weighted by atomic mass is 10.2. The summed E-state index contributed by atoms with van der Waals surface area (Å²) in [5.41, 5.74) is 1.31. The first kappa shape index (κ1) is 9.78. The lowest BCUT2D eigenvalue weighted by Crippen LogP contribution is -2.04. The van der Waals surface area contributed by atoms with Gasteiger partial charge >= 0.3 is 0 Å². The molecule has 1 fully saturated rings. The van der Waals surface area contributed by atoms with Gasteiger partial charge < -0.3 is 4.79 Å². The highest BCUT2D eigenvalue weighted by Gasteiger charge is 2.42. The Morgan fingerprint density at radius 1 is 1.36 bits per heavy atom. The van der Waals surface area contributed by atoms with E-state index in [2.05, 4.69) is 31.2 Å². The van der Waals surface area contributed by atoms with E-state index in [9.17, 15) is 4.79 Å². The Kier molecular flexibility index (Phi) is 2.64. The van der Waals surface area contributed by atoms with Crippen LogP contribution in [0.3, 0.4) is 0 Å². The van der Waals surface area contributed by atoms with Gasteiger partial charge in [0.2, 0.25) is 0 Å². The number of rotatable bonds is 4. The normalized spacial score (nSPS) is 17.8. The van der Waals surface area contributed by atoms with E-state index in [-0.39, 0.29) is 5.41 Å². The number of hydrogen-bond acceptors (Lipinski definition) is 2. The van der Waals surface area contributed by atoms with Crippen LogP contribution in [0.5, 0.6) is 0 Å². The molecule has 1 aromatic rings. The van der Waals surface area contributed by atoms with Gasteiger partial charge in [0.05, 0.1) is 0 Å². The van der Waals surface area contributed by atoms with Gasteiger partial charge in [0.25, 0.3) is 0 Å². The van der Waals surface area contributed by atoms with Crippen molar-refractivity contribution in [3.05, 3.63) is 29.8 Å². The predicted octanol–water partition coefficient (Wildman–Crippen LogP) is 3.07. The van der Waals surface area contributed by atoms with Gasteiger partial charge in [-0.3, -0.25) is 0 Å². The zero-order valence-electron chi connectivity index (χ0n) is 8.32. The number of thioether (sulfide) groups is 1. The molecule has 0 unspecified atom stereocenters. The third-order valence-corrected chi connectivity index (χ3v) is 4.01. The van der Waals surface area contributed by atoms with Crippen LogP contribution >= 0.6 is 11.8 Å². The van der Waals surface area contributed by atoms with Crippen LogP contribution in [0.15, 0.2) is 29.2 Å². The summed E-state index contributed by atoms with van der Waals surface area (Å²) in [6, 6.07) is 8.48. The molecule has 0 aliphatic heterocycles.